The Hall–Kier alpha value is -1.15. The van der Waals surface area contributed by atoms with Crippen molar-refractivity contribution in [2.45, 2.75) is 25.3 Å². The molecule has 114 valence electrons. The van der Waals surface area contributed by atoms with Gasteiger partial charge < -0.3 is 15.3 Å². The molecule has 2 aliphatic rings. The van der Waals surface area contributed by atoms with E-state index in [2.05, 4.69) is 5.32 Å². The minimum Gasteiger partial charge on any atom is -0.480 e. The maximum absolute atomic E-state index is 12.5. The Morgan fingerprint density at radius 2 is 2.05 bits per heavy atom. The zero-order valence-electron chi connectivity index (χ0n) is 11.2. The lowest BCUT2D eigenvalue weighted by Gasteiger charge is -2.32. The maximum atomic E-state index is 12.5. The Morgan fingerprint density at radius 1 is 1.30 bits per heavy atom. The molecule has 1 amide bonds. The summed E-state index contributed by atoms with van der Waals surface area (Å²) in [5, 5.41) is 12.1. The van der Waals surface area contributed by atoms with E-state index in [1.54, 1.807) is 0 Å². The lowest BCUT2D eigenvalue weighted by molar-refractivity contribution is -0.148. The first kappa shape index (κ1) is 15.2. The highest BCUT2D eigenvalue weighted by atomic mass is 32.2. The number of carbonyl (C=O) groups excluding carboxylic acids is 1. The Kier molecular flexibility index (Phi) is 4.64. The molecule has 0 bridgehead atoms. The minimum absolute atomic E-state index is 0.0317. The third kappa shape index (κ3) is 3.69. The van der Waals surface area contributed by atoms with E-state index in [-0.39, 0.29) is 23.3 Å². The van der Waals surface area contributed by atoms with Gasteiger partial charge in [-0.1, -0.05) is 0 Å². The molecule has 2 saturated heterocycles. The van der Waals surface area contributed by atoms with Crippen LogP contribution >= 0.6 is 0 Å². The summed E-state index contributed by atoms with van der Waals surface area (Å²) in [6.45, 7) is 0.977. The van der Waals surface area contributed by atoms with Gasteiger partial charge in [-0.15, -0.1) is 0 Å². The molecule has 1 unspecified atom stereocenters. The van der Waals surface area contributed by atoms with E-state index < -0.39 is 28.4 Å². The van der Waals surface area contributed by atoms with Crippen LogP contribution in [-0.2, 0) is 19.4 Å². The van der Waals surface area contributed by atoms with Crippen LogP contribution in [0.25, 0.3) is 0 Å². The molecule has 0 aromatic heterocycles. The van der Waals surface area contributed by atoms with E-state index >= 15 is 0 Å². The van der Waals surface area contributed by atoms with Gasteiger partial charge in [-0.3, -0.25) is 9.59 Å². The van der Waals surface area contributed by atoms with Crippen molar-refractivity contribution in [3.8, 4) is 0 Å². The van der Waals surface area contributed by atoms with Gasteiger partial charge in [0.05, 0.1) is 17.4 Å². The number of nitrogens with one attached hydrogen (secondary N) is 1. The van der Waals surface area contributed by atoms with Crippen molar-refractivity contribution in [1.82, 2.24) is 10.2 Å². The summed E-state index contributed by atoms with van der Waals surface area (Å²) in [5.41, 5.74) is 0. The summed E-state index contributed by atoms with van der Waals surface area (Å²) in [6.07, 6.45) is 1.93. The molecule has 2 heterocycles. The van der Waals surface area contributed by atoms with Gasteiger partial charge >= 0.3 is 5.97 Å². The molecule has 0 aromatic rings. The van der Waals surface area contributed by atoms with E-state index in [1.165, 1.54) is 4.90 Å². The second kappa shape index (κ2) is 6.09. The van der Waals surface area contributed by atoms with E-state index in [0.717, 1.165) is 19.4 Å². The van der Waals surface area contributed by atoms with Crippen molar-refractivity contribution in [3.63, 3.8) is 0 Å². The third-order valence-corrected chi connectivity index (χ3v) is 5.63. The molecule has 0 aromatic carbocycles. The first-order valence-corrected chi connectivity index (χ1v) is 8.64. The van der Waals surface area contributed by atoms with Gasteiger partial charge in [-0.05, 0) is 25.8 Å². The van der Waals surface area contributed by atoms with Crippen molar-refractivity contribution in [2.75, 3.05) is 31.1 Å². The topological polar surface area (TPSA) is 104 Å². The summed E-state index contributed by atoms with van der Waals surface area (Å²) in [7, 11) is -3.14. The van der Waals surface area contributed by atoms with Gasteiger partial charge in [0.2, 0.25) is 5.91 Å². The van der Waals surface area contributed by atoms with Gasteiger partial charge in [-0.25, -0.2) is 8.42 Å². The predicted octanol–water partition coefficient (Wildman–Crippen LogP) is -0.914. The minimum atomic E-state index is -3.14. The van der Waals surface area contributed by atoms with Crippen LogP contribution in [-0.4, -0.2) is 67.5 Å². The van der Waals surface area contributed by atoms with Gasteiger partial charge in [0.25, 0.3) is 0 Å². The van der Waals surface area contributed by atoms with Crippen LogP contribution in [0.15, 0.2) is 0 Å². The van der Waals surface area contributed by atoms with Crippen LogP contribution in [0.3, 0.4) is 0 Å². The average molecular weight is 304 g/mol. The monoisotopic (exact) mass is 304 g/mol. The highest BCUT2D eigenvalue weighted by Gasteiger charge is 2.38. The van der Waals surface area contributed by atoms with Crippen LogP contribution < -0.4 is 5.32 Å². The van der Waals surface area contributed by atoms with E-state index in [0.29, 0.717) is 13.0 Å². The largest absolute Gasteiger partial charge is 0.480 e. The molecule has 0 spiro atoms. The molecule has 2 N–H and O–H groups in total. The molecule has 2 aliphatic heterocycles. The van der Waals surface area contributed by atoms with Crippen LogP contribution in [0.2, 0.25) is 0 Å². The number of hydrogen-bond acceptors (Lipinski definition) is 5. The molecule has 0 aliphatic carbocycles. The maximum Gasteiger partial charge on any atom is 0.323 e. The van der Waals surface area contributed by atoms with Gasteiger partial charge in [0.1, 0.15) is 6.54 Å². The van der Waals surface area contributed by atoms with Crippen LogP contribution in [0.1, 0.15) is 19.3 Å². The van der Waals surface area contributed by atoms with E-state index in [9.17, 15) is 18.0 Å². The van der Waals surface area contributed by atoms with Crippen molar-refractivity contribution in [2.24, 2.45) is 5.92 Å². The second-order valence-electron chi connectivity index (χ2n) is 5.46. The number of rotatable bonds is 4. The van der Waals surface area contributed by atoms with Crippen LogP contribution in [0.4, 0.5) is 0 Å². The van der Waals surface area contributed by atoms with Crippen LogP contribution in [0, 0.1) is 5.92 Å². The Balaban J connectivity index is 2.10. The highest BCUT2D eigenvalue weighted by molar-refractivity contribution is 7.91. The second-order valence-corrected chi connectivity index (χ2v) is 7.69. The number of amides is 1. The summed E-state index contributed by atoms with van der Waals surface area (Å²) in [4.78, 5) is 24.7. The number of carboxylic acid groups (broad SMARTS) is 1. The molecule has 0 saturated carbocycles. The number of sulfone groups is 1. The van der Waals surface area contributed by atoms with Gasteiger partial charge in [0.15, 0.2) is 9.84 Å². The molecular weight excluding hydrogens is 284 g/mol. The number of carbonyl (C=O) groups is 2. The lowest BCUT2D eigenvalue weighted by Crippen LogP contribution is -2.49. The number of hydrogen-bond donors (Lipinski definition) is 2. The fourth-order valence-corrected chi connectivity index (χ4v) is 4.58. The van der Waals surface area contributed by atoms with Gasteiger partial charge in [0, 0.05) is 12.6 Å². The number of aliphatic carboxylic acids is 1. The molecular formula is C12H20N2O5S. The molecule has 20 heavy (non-hydrogen) atoms. The molecule has 8 heteroatoms. The zero-order chi connectivity index (χ0) is 14.8. The summed E-state index contributed by atoms with van der Waals surface area (Å²) >= 11 is 0. The summed E-state index contributed by atoms with van der Waals surface area (Å²) in [5.74, 6) is -1.67. The Labute approximate surface area is 118 Å². The summed E-state index contributed by atoms with van der Waals surface area (Å²) < 4.78 is 23.1. The predicted molar refractivity (Wildman–Crippen MR) is 72.0 cm³/mol. The first-order chi connectivity index (χ1) is 9.39. The Bertz CT molecular complexity index is 484. The molecule has 7 nitrogen and oxygen atoms in total. The molecule has 2 fully saturated rings. The summed E-state index contributed by atoms with van der Waals surface area (Å²) in [6, 6.07) is -0.495. The molecule has 2 atom stereocenters. The van der Waals surface area contributed by atoms with Gasteiger partial charge in [-0.2, -0.15) is 0 Å². The Morgan fingerprint density at radius 3 is 2.55 bits per heavy atom. The standard InChI is InChI=1S/C12H20N2O5S/c15-11(16)7-14(10-3-5-20(18,19)8-10)12(17)9-2-1-4-13-6-9/h9-10,13H,1-8H2,(H,15,16)/t9-,10?/m0/s1. The quantitative estimate of drug-likeness (QED) is 0.696. The zero-order valence-corrected chi connectivity index (χ0v) is 12.1. The van der Waals surface area contributed by atoms with Crippen molar-refractivity contribution >= 4 is 21.7 Å². The van der Waals surface area contributed by atoms with Crippen molar-refractivity contribution in [3.05, 3.63) is 0 Å². The van der Waals surface area contributed by atoms with Crippen molar-refractivity contribution in [1.29, 1.82) is 0 Å². The fraction of sp³-hybridized carbons (Fsp3) is 0.833. The number of piperidine rings is 1. The van der Waals surface area contributed by atoms with Crippen LogP contribution in [0.5, 0.6) is 0 Å². The lowest BCUT2D eigenvalue weighted by atomic mass is 9.97. The average Bonchev–Trinajstić information content (AvgIpc) is 2.76. The number of nitrogens with zero attached hydrogens (tertiary/aromatic N) is 1. The SMILES string of the molecule is O=C(O)CN(C(=O)[C@H]1CCCNC1)C1CCS(=O)(=O)C1. The van der Waals surface area contributed by atoms with Crippen molar-refractivity contribution < 1.29 is 23.1 Å². The normalized spacial score (nSPS) is 29.0. The smallest absolute Gasteiger partial charge is 0.323 e. The first-order valence-electron chi connectivity index (χ1n) is 6.82. The molecule has 0 radical (unpaired) electrons. The van der Waals surface area contributed by atoms with E-state index in [1.807, 2.05) is 0 Å². The fourth-order valence-electron chi connectivity index (χ4n) is 2.85. The highest BCUT2D eigenvalue weighted by Crippen LogP contribution is 2.22. The third-order valence-electron chi connectivity index (χ3n) is 3.88. The molecule has 2 rings (SSSR count). The number of carboxylic acids is 1. The van der Waals surface area contributed by atoms with E-state index in [4.69, 9.17) is 5.11 Å².